The lowest BCUT2D eigenvalue weighted by Gasteiger charge is -2.22. The maximum Gasteiger partial charge on any atom is 0.328 e. The predicted molar refractivity (Wildman–Crippen MR) is 107 cm³/mol. The van der Waals surface area contributed by atoms with Crippen molar-refractivity contribution in [2.75, 3.05) is 7.11 Å². The largest absolute Gasteiger partial charge is 0.467 e. The number of nitrogens with one attached hydrogen (secondary N) is 2. The van der Waals surface area contributed by atoms with Gasteiger partial charge in [0.05, 0.1) is 18.7 Å². The number of carbonyl (C=O) groups excluding carboxylic acids is 3. The average molecular weight is 411 g/mol. The summed E-state index contributed by atoms with van der Waals surface area (Å²) < 4.78 is 17.9. The van der Waals surface area contributed by atoms with Gasteiger partial charge in [0.1, 0.15) is 17.9 Å². The number of carbonyl (C=O) groups is 3. The van der Waals surface area contributed by atoms with Gasteiger partial charge in [-0.2, -0.15) is 5.26 Å². The number of nitrogens with zero attached hydrogens (tertiary/aromatic N) is 1. The Morgan fingerprint density at radius 1 is 1.03 bits per heavy atom. The van der Waals surface area contributed by atoms with Crippen LogP contribution in [0.2, 0.25) is 0 Å². The molecule has 0 saturated carbocycles. The van der Waals surface area contributed by atoms with E-state index in [0.717, 1.165) is 0 Å². The molecule has 2 aromatic rings. The molecular weight excluding hydrogens is 389 g/mol. The van der Waals surface area contributed by atoms with E-state index in [1.165, 1.54) is 38.3 Å². The van der Waals surface area contributed by atoms with Crippen LogP contribution in [0, 0.1) is 17.1 Å². The van der Waals surface area contributed by atoms with Gasteiger partial charge in [0.15, 0.2) is 0 Å². The second-order valence-corrected chi connectivity index (χ2v) is 6.64. The van der Waals surface area contributed by atoms with Crippen LogP contribution in [0.4, 0.5) is 4.39 Å². The molecule has 0 bridgehead atoms. The number of rotatable bonds is 8. The van der Waals surface area contributed by atoms with Gasteiger partial charge in [-0.25, -0.2) is 9.18 Å². The molecule has 0 aromatic heterocycles. The van der Waals surface area contributed by atoms with Crippen molar-refractivity contribution in [2.24, 2.45) is 0 Å². The Bertz CT molecular complexity index is 954. The second-order valence-electron chi connectivity index (χ2n) is 6.64. The van der Waals surface area contributed by atoms with Crippen molar-refractivity contribution in [3.63, 3.8) is 0 Å². The predicted octanol–water partition coefficient (Wildman–Crippen LogP) is 1.65. The number of hydrogen-bond acceptors (Lipinski definition) is 5. The molecule has 0 heterocycles. The molecule has 2 amide bonds. The van der Waals surface area contributed by atoms with Crippen molar-refractivity contribution in [3.05, 3.63) is 71.0 Å². The Balaban J connectivity index is 2.21. The first-order valence-corrected chi connectivity index (χ1v) is 9.21. The minimum Gasteiger partial charge on any atom is -0.467 e. The standard InChI is InChI=1S/C22H22FN3O4/c1-14(27)25-19(11-15-7-9-18(23)10-8-15)21(28)26-20(22(29)30-2)12-16-5-3-4-6-17(16)13-24/h3-10,19-20H,11-12H2,1-2H3,(H,25,27)(H,26,28)/t19-,20-/m0/s1. The van der Waals surface area contributed by atoms with E-state index >= 15 is 0 Å². The van der Waals surface area contributed by atoms with Gasteiger partial charge in [0.25, 0.3) is 0 Å². The van der Waals surface area contributed by atoms with Crippen LogP contribution < -0.4 is 10.6 Å². The van der Waals surface area contributed by atoms with Crippen molar-refractivity contribution in [1.82, 2.24) is 10.6 Å². The van der Waals surface area contributed by atoms with Gasteiger partial charge in [-0.15, -0.1) is 0 Å². The molecule has 2 aromatic carbocycles. The lowest BCUT2D eigenvalue weighted by Crippen LogP contribution is -2.53. The minimum atomic E-state index is -1.05. The summed E-state index contributed by atoms with van der Waals surface area (Å²) in [7, 11) is 1.20. The zero-order valence-electron chi connectivity index (χ0n) is 16.6. The number of nitriles is 1. The monoisotopic (exact) mass is 411 g/mol. The summed E-state index contributed by atoms with van der Waals surface area (Å²) in [5.74, 6) is -2.12. The highest BCUT2D eigenvalue weighted by molar-refractivity contribution is 5.90. The van der Waals surface area contributed by atoms with E-state index in [2.05, 4.69) is 10.6 Å². The third-order valence-electron chi connectivity index (χ3n) is 4.41. The number of benzene rings is 2. The molecule has 0 spiro atoms. The fourth-order valence-corrected chi connectivity index (χ4v) is 2.95. The van der Waals surface area contributed by atoms with E-state index in [-0.39, 0.29) is 12.8 Å². The Labute approximate surface area is 173 Å². The van der Waals surface area contributed by atoms with E-state index in [1.807, 2.05) is 6.07 Å². The van der Waals surface area contributed by atoms with Gasteiger partial charge >= 0.3 is 5.97 Å². The molecule has 0 radical (unpaired) electrons. The summed E-state index contributed by atoms with van der Waals surface area (Å²) >= 11 is 0. The van der Waals surface area contributed by atoms with Gasteiger partial charge in [-0.05, 0) is 29.3 Å². The summed E-state index contributed by atoms with van der Waals surface area (Å²) in [6.45, 7) is 1.27. The number of amides is 2. The zero-order valence-corrected chi connectivity index (χ0v) is 16.6. The molecule has 0 saturated heterocycles. The third-order valence-corrected chi connectivity index (χ3v) is 4.41. The molecule has 156 valence electrons. The molecule has 7 nitrogen and oxygen atoms in total. The first-order chi connectivity index (χ1) is 14.3. The molecule has 0 aliphatic carbocycles. The van der Waals surface area contributed by atoms with Crippen LogP contribution in [-0.4, -0.2) is 37.0 Å². The van der Waals surface area contributed by atoms with E-state index in [1.54, 1.807) is 24.3 Å². The van der Waals surface area contributed by atoms with Gasteiger partial charge in [0.2, 0.25) is 11.8 Å². The van der Waals surface area contributed by atoms with Crippen LogP contribution in [0.5, 0.6) is 0 Å². The number of methoxy groups -OCH3 is 1. The fourth-order valence-electron chi connectivity index (χ4n) is 2.95. The quantitative estimate of drug-likeness (QED) is 0.642. The molecular formula is C22H22FN3O4. The van der Waals surface area contributed by atoms with Crippen LogP contribution in [0.25, 0.3) is 0 Å². The summed E-state index contributed by atoms with van der Waals surface area (Å²) in [6, 6.07) is 12.3. The lowest BCUT2D eigenvalue weighted by molar-refractivity contribution is -0.145. The SMILES string of the molecule is COC(=O)[C@H](Cc1ccccc1C#N)NC(=O)[C@H](Cc1ccc(F)cc1)NC(C)=O. The first kappa shape index (κ1) is 22.6. The number of hydrogen-bond donors (Lipinski definition) is 2. The molecule has 2 rings (SSSR count). The molecule has 0 unspecified atom stereocenters. The molecule has 8 heteroatoms. The van der Waals surface area contributed by atoms with Crippen molar-refractivity contribution in [1.29, 1.82) is 5.26 Å². The molecule has 2 atom stereocenters. The number of esters is 1. The van der Waals surface area contributed by atoms with Crippen LogP contribution >= 0.6 is 0 Å². The topological polar surface area (TPSA) is 108 Å². The molecule has 0 aliphatic rings. The van der Waals surface area contributed by atoms with Crippen molar-refractivity contribution >= 4 is 17.8 Å². The normalized spacial score (nSPS) is 12.2. The number of ether oxygens (including phenoxy) is 1. The van der Waals surface area contributed by atoms with E-state index in [0.29, 0.717) is 16.7 Å². The van der Waals surface area contributed by atoms with E-state index in [4.69, 9.17) is 4.74 Å². The summed E-state index contributed by atoms with van der Waals surface area (Å²) in [5.41, 5.74) is 1.59. The lowest BCUT2D eigenvalue weighted by atomic mass is 10.00. The molecule has 30 heavy (non-hydrogen) atoms. The smallest absolute Gasteiger partial charge is 0.328 e. The summed E-state index contributed by atoms with van der Waals surface area (Å²) in [5, 5.41) is 14.4. The van der Waals surface area contributed by atoms with Crippen LogP contribution in [-0.2, 0) is 32.0 Å². The summed E-state index contributed by atoms with van der Waals surface area (Å²) in [6.07, 6.45) is 0.153. The van der Waals surface area contributed by atoms with Crippen molar-refractivity contribution in [2.45, 2.75) is 31.8 Å². The number of halogens is 1. The van der Waals surface area contributed by atoms with E-state index < -0.39 is 35.7 Å². The van der Waals surface area contributed by atoms with Crippen molar-refractivity contribution < 1.29 is 23.5 Å². The van der Waals surface area contributed by atoms with Crippen LogP contribution in [0.3, 0.4) is 0 Å². The Kier molecular flexibility index (Phi) is 8.06. The highest BCUT2D eigenvalue weighted by Gasteiger charge is 2.27. The Hall–Kier alpha value is -3.73. The van der Waals surface area contributed by atoms with Gasteiger partial charge in [-0.1, -0.05) is 30.3 Å². The highest BCUT2D eigenvalue weighted by atomic mass is 19.1. The maximum absolute atomic E-state index is 13.1. The molecule has 0 fully saturated rings. The van der Waals surface area contributed by atoms with Gasteiger partial charge in [0, 0.05) is 19.8 Å². The van der Waals surface area contributed by atoms with Gasteiger partial charge in [-0.3, -0.25) is 9.59 Å². The van der Waals surface area contributed by atoms with Crippen LogP contribution in [0.15, 0.2) is 48.5 Å². The van der Waals surface area contributed by atoms with Crippen LogP contribution in [0.1, 0.15) is 23.6 Å². The van der Waals surface area contributed by atoms with Crippen molar-refractivity contribution in [3.8, 4) is 6.07 Å². The zero-order chi connectivity index (χ0) is 22.1. The third kappa shape index (κ3) is 6.41. The Morgan fingerprint density at radius 2 is 1.70 bits per heavy atom. The fraction of sp³-hybridized carbons (Fsp3) is 0.273. The summed E-state index contributed by atoms with van der Waals surface area (Å²) in [4.78, 5) is 36.7. The maximum atomic E-state index is 13.1. The Morgan fingerprint density at radius 3 is 2.30 bits per heavy atom. The van der Waals surface area contributed by atoms with E-state index in [9.17, 15) is 24.0 Å². The average Bonchev–Trinajstić information content (AvgIpc) is 2.73. The molecule has 0 aliphatic heterocycles. The second kappa shape index (κ2) is 10.7. The minimum absolute atomic E-state index is 0.0471. The first-order valence-electron chi connectivity index (χ1n) is 9.21. The highest BCUT2D eigenvalue weighted by Crippen LogP contribution is 2.12. The molecule has 2 N–H and O–H groups in total. The van der Waals surface area contributed by atoms with Gasteiger partial charge < -0.3 is 15.4 Å².